The van der Waals surface area contributed by atoms with Crippen molar-refractivity contribution in [3.05, 3.63) is 47.6 Å². The Labute approximate surface area is 86.9 Å². The fourth-order valence-electron chi connectivity index (χ4n) is 1.29. The predicted octanol–water partition coefficient (Wildman–Crippen LogP) is 2.73. The molecule has 0 saturated carbocycles. The minimum absolute atomic E-state index is 0.256. The Hall–Kier alpha value is -1.84. The number of benzene rings is 1. The standard InChI is InChI=1S/C11H11FN2O/c1-8-5-11(15-14-8)7-13-10-4-2-3-9(12)6-10/h2-6,13H,7H2,1H3. The summed E-state index contributed by atoms with van der Waals surface area (Å²) in [4.78, 5) is 0. The van der Waals surface area contributed by atoms with Gasteiger partial charge < -0.3 is 9.84 Å². The summed E-state index contributed by atoms with van der Waals surface area (Å²) >= 11 is 0. The second kappa shape index (κ2) is 4.13. The zero-order chi connectivity index (χ0) is 10.7. The molecule has 0 aliphatic rings. The van der Waals surface area contributed by atoms with Gasteiger partial charge in [-0.15, -0.1) is 0 Å². The molecule has 2 aromatic rings. The first-order valence-corrected chi connectivity index (χ1v) is 4.66. The molecule has 1 heterocycles. The van der Waals surface area contributed by atoms with Crippen molar-refractivity contribution in [3.8, 4) is 0 Å². The van der Waals surface area contributed by atoms with Crippen LogP contribution in [-0.2, 0) is 6.54 Å². The lowest BCUT2D eigenvalue weighted by atomic mass is 10.3. The fraction of sp³-hybridized carbons (Fsp3) is 0.182. The van der Waals surface area contributed by atoms with Crippen LogP contribution in [0, 0.1) is 12.7 Å². The van der Waals surface area contributed by atoms with Crippen molar-refractivity contribution in [3.63, 3.8) is 0 Å². The van der Waals surface area contributed by atoms with Crippen molar-refractivity contribution in [1.29, 1.82) is 0 Å². The monoisotopic (exact) mass is 206 g/mol. The Balaban J connectivity index is 1.99. The van der Waals surface area contributed by atoms with E-state index in [0.717, 1.165) is 17.1 Å². The van der Waals surface area contributed by atoms with Gasteiger partial charge in [0, 0.05) is 11.8 Å². The first kappa shape index (κ1) is 9.71. The SMILES string of the molecule is Cc1cc(CNc2cccc(F)c2)on1. The van der Waals surface area contributed by atoms with E-state index in [1.54, 1.807) is 12.1 Å². The number of aryl methyl sites for hydroxylation is 1. The van der Waals surface area contributed by atoms with Gasteiger partial charge in [0.25, 0.3) is 0 Å². The number of nitrogens with one attached hydrogen (secondary N) is 1. The predicted molar refractivity (Wildman–Crippen MR) is 55.0 cm³/mol. The summed E-state index contributed by atoms with van der Waals surface area (Å²) in [5.74, 6) is 0.477. The van der Waals surface area contributed by atoms with Crippen LogP contribution in [0.2, 0.25) is 0 Å². The summed E-state index contributed by atoms with van der Waals surface area (Å²) < 4.78 is 17.8. The van der Waals surface area contributed by atoms with E-state index >= 15 is 0 Å². The highest BCUT2D eigenvalue weighted by atomic mass is 19.1. The van der Waals surface area contributed by atoms with Crippen LogP contribution < -0.4 is 5.32 Å². The molecule has 0 aliphatic carbocycles. The van der Waals surface area contributed by atoms with Gasteiger partial charge in [-0.2, -0.15) is 0 Å². The lowest BCUT2D eigenvalue weighted by Crippen LogP contribution is -1.98. The van der Waals surface area contributed by atoms with Crippen LogP contribution in [-0.4, -0.2) is 5.16 Å². The molecule has 0 unspecified atom stereocenters. The Morgan fingerprint density at radius 2 is 2.27 bits per heavy atom. The van der Waals surface area contributed by atoms with Gasteiger partial charge in [-0.3, -0.25) is 0 Å². The maximum Gasteiger partial charge on any atom is 0.156 e. The molecule has 4 heteroatoms. The van der Waals surface area contributed by atoms with E-state index in [-0.39, 0.29) is 5.82 Å². The largest absolute Gasteiger partial charge is 0.378 e. The van der Waals surface area contributed by atoms with E-state index in [1.165, 1.54) is 12.1 Å². The molecule has 2 rings (SSSR count). The van der Waals surface area contributed by atoms with Crippen LogP contribution in [0.3, 0.4) is 0 Å². The first-order chi connectivity index (χ1) is 7.24. The summed E-state index contributed by atoms with van der Waals surface area (Å²) in [6.45, 7) is 2.36. The lowest BCUT2D eigenvalue weighted by Gasteiger charge is -2.02. The number of nitrogens with zero attached hydrogens (tertiary/aromatic N) is 1. The smallest absolute Gasteiger partial charge is 0.156 e. The number of halogens is 1. The van der Waals surface area contributed by atoms with Gasteiger partial charge in [-0.1, -0.05) is 11.2 Å². The third-order valence-corrected chi connectivity index (χ3v) is 1.97. The average Bonchev–Trinajstić information content (AvgIpc) is 2.62. The zero-order valence-electron chi connectivity index (χ0n) is 8.33. The number of hydrogen-bond donors (Lipinski definition) is 1. The summed E-state index contributed by atoms with van der Waals surface area (Å²) in [6.07, 6.45) is 0. The van der Waals surface area contributed by atoms with Crippen LogP contribution >= 0.6 is 0 Å². The van der Waals surface area contributed by atoms with Crippen molar-refractivity contribution in [2.75, 3.05) is 5.32 Å². The number of anilines is 1. The number of aromatic nitrogens is 1. The van der Waals surface area contributed by atoms with Gasteiger partial charge in [0.15, 0.2) is 5.76 Å². The normalized spacial score (nSPS) is 10.3. The topological polar surface area (TPSA) is 38.1 Å². The fourth-order valence-corrected chi connectivity index (χ4v) is 1.29. The molecule has 15 heavy (non-hydrogen) atoms. The van der Waals surface area contributed by atoms with Gasteiger partial charge in [0.1, 0.15) is 5.82 Å². The minimum atomic E-state index is -0.256. The molecule has 0 spiro atoms. The molecule has 0 bridgehead atoms. The van der Waals surface area contributed by atoms with Crippen LogP contribution in [0.4, 0.5) is 10.1 Å². The molecule has 0 atom stereocenters. The summed E-state index contributed by atoms with van der Waals surface area (Å²) in [7, 11) is 0. The maximum absolute atomic E-state index is 12.8. The van der Waals surface area contributed by atoms with E-state index < -0.39 is 0 Å². The van der Waals surface area contributed by atoms with E-state index in [9.17, 15) is 4.39 Å². The van der Waals surface area contributed by atoms with Gasteiger partial charge in [-0.25, -0.2) is 4.39 Å². The number of hydrogen-bond acceptors (Lipinski definition) is 3. The van der Waals surface area contributed by atoms with Crippen LogP contribution in [0.1, 0.15) is 11.5 Å². The Kier molecular flexibility index (Phi) is 2.67. The molecule has 78 valence electrons. The first-order valence-electron chi connectivity index (χ1n) is 4.66. The third kappa shape index (κ3) is 2.56. The highest BCUT2D eigenvalue weighted by molar-refractivity contribution is 5.43. The van der Waals surface area contributed by atoms with Gasteiger partial charge in [-0.05, 0) is 25.1 Å². The van der Waals surface area contributed by atoms with Crippen LogP contribution in [0.25, 0.3) is 0 Å². The molecule has 1 N–H and O–H groups in total. The third-order valence-electron chi connectivity index (χ3n) is 1.97. The molecule has 0 saturated heterocycles. The van der Waals surface area contributed by atoms with Crippen LogP contribution in [0.5, 0.6) is 0 Å². The molecular formula is C11H11FN2O. The van der Waals surface area contributed by atoms with Crippen molar-refractivity contribution >= 4 is 5.69 Å². The summed E-state index contributed by atoms with van der Waals surface area (Å²) in [5.41, 5.74) is 1.56. The van der Waals surface area contributed by atoms with E-state index in [0.29, 0.717) is 6.54 Å². The van der Waals surface area contributed by atoms with E-state index in [2.05, 4.69) is 10.5 Å². The van der Waals surface area contributed by atoms with E-state index in [1.807, 2.05) is 13.0 Å². The minimum Gasteiger partial charge on any atom is -0.378 e. The Bertz CT molecular complexity index is 453. The second-order valence-electron chi connectivity index (χ2n) is 3.30. The molecule has 1 aromatic heterocycles. The Morgan fingerprint density at radius 1 is 1.40 bits per heavy atom. The van der Waals surface area contributed by atoms with Gasteiger partial charge >= 0.3 is 0 Å². The second-order valence-corrected chi connectivity index (χ2v) is 3.30. The Morgan fingerprint density at radius 3 is 2.93 bits per heavy atom. The van der Waals surface area contributed by atoms with Crippen molar-refractivity contribution in [1.82, 2.24) is 5.16 Å². The average molecular weight is 206 g/mol. The molecule has 0 aliphatic heterocycles. The van der Waals surface area contributed by atoms with Crippen LogP contribution in [0.15, 0.2) is 34.9 Å². The highest BCUT2D eigenvalue weighted by Crippen LogP contribution is 2.11. The molecular weight excluding hydrogens is 195 g/mol. The molecule has 0 radical (unpaired) electrons. The molecule has 1 aromatic carbocycles. The van der Waals surface area contributed by atoms with Gasteiger partial charge in [0.05, 0.1) is 12.2 Å². The number of rotatable bonds is 3. The van der Waals surface area contributed by atoms with Crippen molar-refractivity contribution < 1.29 is 8.91 Å². The molecule has 0 fully saturated rings. The molecule has 0 amide bonds. The summed E-state index contributed by atoms with van der Waals surface area (Å²) in [6, 6.07) is 8.13. The molecule has 3 nitrogen and oxygen atoms in total. The maximum atomic E-state index is 12.8. The quantitative estimate of drug-likeness (QED) is 0.839. The zero-order valence-corrected chi connectivity index (χ0v) is 8.33. The lowest BCUT2D eigenvalue weighted by molar-refractivity contribution is 0.384. The summed E-state index contributed by atoms with van der Waals surface area (Å²) in [5, 5.41) is 6.80. The van der Waals surface area contributed by atoms with Crippen molar-refractivity contribution in [2.45, 2.75) is 13.5 Å². The van der Waals surface area contributed by atoms with E-state index in [4.69, 9.17) is 4.52 Å². The van der Waals surface area contributed by atoms with Gasteiger partial charge in [0.2, 0.25) is 0 Å². The highest BCUT2D eigenvalue weighted by Gasteiger charge is 2.00. The van der Waals surface area contributed by atoms with Crippen molar-refractivity contribution in [2.24, 2.45) is 0 Å².